The second-order valence-electron chi connectivity index (χ2n) is 7.33. The molecule has 2 aliphatic carbocycles. The van der Waals surface area contributed by atoms with Crippen LogP contribution >= 0.6 is 0 Å². The van der Waals surface area contributed by atoms with Crippen LogP contribution in [0.3, 0.4) is 0 Å². The molecule has 0 bridgehead atoms. The zero-order chi connectivity index (χ0) is 13.9. The monoisotopic (exact) mass is 266 g/mol. The molecule has 3 nitrogen and oxygen atoms in total. The Hall–Kier alpha value is -0.570. The van der Waals surface area contributed by atoms with Crippen LogP contribution < -0.4 is 10.6 Å². The largest absolute Gasteiger partial charge is 0.359 e. The molecule has 0 heterocycles. The maximum atomic E-state index is 11.8. The van der Waals surface area contributed by atoms with E-state index >= 15 is 0 Å². The average molecular weight is 266 g/mol. The Balaban J connectivity index is 1.75. The Bertz CT molecular complexity index is 309. The Morgan fingerprint density at radius 3 is 2.26 bits per heavy atom. The summed E-state index contributed by atoms with van der Waals surface area (Å²) in [5, 5.41) is 6.38. The molecule has 0 atom stereocenters. The molecule has 2 fully saturated rings. The van der Waals surface area contributed by atoms with Gasteiger partial charge in [0.1, 0.15) is 0 Å². The number of hydrogen-bond acceptors (Lipinski definition) is 2. The van der Waals surface area contributed by atoms with Gasteiger partial charge in [-0.2, -0.15) is 0 Å². The van der Waals surface area contributed by atoms with Gasteiger partial charge in [-0.25, -0.2) is 0 Å². The summed E-state index contributed by atoms with van der Waals surface area (Å²) >= 11 is 0. The molecule has 1 spiro atoms. The van der Waals surface area contributed by atoms with Gasteiger partial charge in [-0.05, 0) is 57.8 Å². The topological polar surface area (TPSA) is 41.1 Å². The SMILES string of the molecule is CNC(=O)C(C)(C)CNC1CCC2(CCCC2)CC1. The average Bonchev–Trinajstić information content (AvgIpc) is 2.85. The quantitative estimate of drug-likeness (QED) is 0.821. The Morgan fingerprint density at radius 2 is 1.74 bits per heavy atom. The summed E-state index contributed by atoms with van der Waals surface area (Å²) < 4.78 is 0. The van der Waals surface area contributed by atoms with Gasteiger partial charge in [-0.15, -0.1) is 0 Å². The fraction of sp³-hybridized carbons (Fsp3) is 0.938. The summed E-state index contributed by atoms with van der Waals surface area (Å²) in [6, 6.07) is 0.621. The number of rotatable bonds is 4. The van der Waals surface area contributed by atoms with Crippen LogP contribution in [0.1, 0.15) is 65.2 Å². The highest BCUT2D eigenvalue weighted by atomic mass is 16.2. The van der Waals surface area contributed by atoms with Crippen molar-refractivity contribution in [3.63, 3.8) is 0 Å². The highest BCUT2D eigenvalue weighted by Crippen LogP contribution is 2.48. The molecule has 3 heteroatoms. The number of hydrogen-bond donors (Lipinski definition) is 2. The van der Waals surface area contributed by atoms with Crippen LogP contribution in [-0.4, -0.2) is 25.5 Å². The van der Waals surface area contributed by atoms with Crippen LogP contribution in [0.25, 0.3) is 0 Å². The Kier molecular flexibility index (Phi) is 4.54. The van der Waals surface area contributed by atoms with Gasteiger partial charge < -0.3 is 10.6 Å². The van der Waals surface area contributed by atoms with Gasteiger partial charge in [-0.3, -0.25) is 4.79 Å². The molecule has 0 aromatic heterocycles. The van der Waals surface area contributed by atoms with E-state index in [2.05, 4.69) is 10.6 Å². The lowest BCUT2D eigenvalue weighted by Gasteiger charge is -2.38. The van der Waals surface area contributed by atoms with Crippen LogP contribution in [0, 0.1) is 10.8 Å². The second-order valence-corrected chi connectivity index (χ2v) is 7.33. The van der Waals surface area contributed by atoms with Gasteiger partial charge in [0, 0.05) is 19.6 Å². The Labute approximate surface area is 117 Å². The van der Waals surface area contributed by atoms with Crippen molar-refractivity contribution in [3.05, 3.63) is 0 Å². The first-order chi connectivity index (χ1) is 8.97. The van der Waals surface area contributed by atoms with Crippen molar-refractivity contribution in [2.75, 3.05) is 13.6 Å². The molecular weight excluding hydrogens is 236 g/mol. The van der Waals surface area contributed by atoms with Crippen molar-refractivity contribution < 1.29 is 4.79 Å². The minimum atomic E-state index is -0.308. The molecule has 2 saturated carbocycles. The number of carbonyl (C=O) groups is 1. The maximum absolute atomic E-state index is 11.8. The van der Waals surface area contributed by atoms with Gasteiger partial charge in [0.25, 0.3) is 0 Å². The molecule has 110 valence electrons. The molecule has 0 aromatic rings. The molecule has 1 amide bonds. The summed E-state index contributed by atoms with van der Waals surface area (Å²) in [7, 11) is 1.72. The van der Waals surface area contributed by atoms with Crippen molar-refractivity contribution in [3.8, 4) is 0 Å². The van der Waals surface area contributed by atoms with E-state index in [-0.39, 0.29) is 11.3 Å². The standard InChI is InChI=1S/C16H30N2O/c1-15(2,14(19)17-3)12-18-13-6-10-16(11-7-13)8-4-5-9-16/h13,18H,4-12H2,1-3H3,(H,17,19). The molecule has 0 aliphatic heterocycles. The lowest BCUT2D eigenvalue weighted by Crippen LogP contribution is -2.46. The van der Waals surface area contributed by atoms with E-state index in [1.807, 2.05) is 13.8 Å². The highest BCUT2D eigenvalue weighted by molar-refractivity contribution is 5.81. The van der Waals surface area contributed by atoms with E-state index in [4.69, 9.17) is 0 Å². The first-order valence-corrected chi connectivity index (χ1v) is 7.93. The van der Waals surface area contributed by atoms with Crippen molar-refractivity contribution >= 4 is 5.91 Å². The van der Waals surface area contributed by atoms with Crippen LogP contribution in [0.2, 0.25) is 0 Å². The van der Waals surface area contributed by atoms with E-state index < -0.39 is 0 Å². The molecule has 0 saturated heterocycles. The summed E-state index contributed by atoms with van der Waals surface area (Å²) in [5.74, 6) is 0.128. The van der Waals surface area contributed by atoms with E-state index in [0.717, 1.165) is 6.54 Å². The van der Waals surface area contributed by atoms with Gasteiger partial charge in [0.15, 0.2) is 0 Å². The lowest BCUT2D eigenvalue weighted by atomic mass is 9.71. The van der Waals surface area contributed by atoms with Crippen molar-refractivity contribution in [1.29, 1.82) is 0 Å². The van der Waals surface area contributed by atoms with E-state index in [1.54, 1.807) is 7.05 Å². The molecule has 2 aliphatic rings. The van der Waals surface area contributed by atoms with E-state index in [0.29, 0.717) is 11.5 Å². The molecule has 2 N–H and O–H groups in total. The van der Waals surface area contributed by atoms with Gasteiger partial charge >= 0.3 is 0 Å². The maximum Gasteiger partial charge on any atom is 0.226 e. The van der Waals surface area contributed by atoms with E-state index in [9.17, 15) is 4.79 Å². The van der Waals surface area contributed by atoms with E-state index in [1.165, 1.54) is 51.4 Å². The normalized spacial score (nSPS) is 23.7. The Morgan fingerprint density at radius 1 is 1.16 bits per heavy atom. The van der Waals surface area contributed by atoms with Crippen LogP contribution in [0.5, 0.6) is 0 Å². The van der Waals surface area contributed by atoms with Crippen LogP contribution in [0.4, 0.5) is 0 Å². The third-order valence-corrected chi connectivity index (χ3v) is 5.38. The van der Waals surface area contributed by atoms with Gasteiger partial charge in [-0.1, -0.05) is 12.8 Å². The molecule has 0 aromatic carbocycles. The number of nitrogens with one attached hydrogen (secondary N) is 2. The van der Waals surface area contributed by atoms with Crippen molar-refractivity contribution in [2.24, 2.45) is 10.8 Å². The predicted octanol–water partition coefficient (Wildman–Crippen LogP) is 2.85. The van der Waals surface area contributed by atoms with Crippen molar-refractivity contribution in [2.45, 2.75) is 71.3 Å². The smallest absolute Gasteiger partial charge is 0.226 e. The van der Waals surface area contributed by atoms with Crippen molar-refractivity contribution in [1.82, 2.24) is 10.6 Å². The minimum absolute atomic E-state index is 0.128. The van der Waals surface area contributed by atoms with Crippen LogP contribution in [-0.2, 0) is 4.79 Å². The molecule has 0 unspecified atom stereocenters. The fourth-order valence-electron chi connectivity index (χ4n) is 3.88. The van der Waals surface area contributed by atoms with Gasteiger partial charge in [0.2, 0.25) is 5.91 Å². The lowest BCUT2D eigenvalue weighted by molar-refractivity contribution is -0.128. The fourth-order valence-corrected chi connectivity index (χ4v) is 3.88. The minimum Gasteiger partial charge on any atom is -0.359 e. The number of amides is 1. The van der Waals surface area contributed by atoms with Gasteiger partial charge in [0.05, 0.1) is 5.41 Å². The first kappa shape index (κ1) is 14.8. The summed E-state index contributed by atoms with van der Waals surface area (Å²) in [6.45, 7) is 4.81. The number of carbonyl (C=O) groups excluding carboxylic acids is 1. The zero-order valence-corrected chi connectivity index (χ0v) is 12.8. The molecule has 0 radical (unpaired) electrons. The summed E-state index contributed by atoms with van der Waals surface area (Å²) in [5.41, 5.74) is 0.395. The summed E-state index contributed by atoms with van der Waals surface area (Å²) in [6.07, 6.45) is 11.2. The molecule has 2 rings (SSSR count). The first-order valence-electron chi connectivity index (χ1n) is 7.93. The zero-order valence-electron chi connectivity index (χ0n) is 12.8. The second kappa shape index (κ2) is 5.82. The molecule has 19 heavy (non-hydrogen) atoms. The molecular formula is C16H30N2O. The predicted molar refractivity (Wildman–Crippen MR) is 79.0 cm³/mol. The third kappa shape index (κ3) is 3.50. The highest BCUT2D eigenvalue weighted by Gasteiger charge is 2.37. The summed E-state index contributed by atoms with van der Waals surface area (Å²) in [4.78, 5) is 11.8. The third-order valence-electron chi connectivity index (χ3n) is 5.38. The van der Waals surface area contributed by atoms with Crippen LogP contribution in [0.15, 0.2) is 0 Å².